The number of benzene rings is 1. The van der Waals surface area contributed by atoms with Crippen molar-refractivity contribution in [3.05, 3.63) is 46.6 Å². The number of esters is 3. The Hall–Kier alpha value is -4.20. The van der Waals surface area contributed by atoms with Gasteiger partial charge in [0.15, 0.2) is 18.0 Å². The first-order valence-electron chi connectivity index (χ1n) is 20.5. The van der Waals surface area contributed by atoms with Crippen molar-refractivity contribution < 1.29 is 77.6 Å². The number of alkyl carbamates (subject to hydrolysis) is 1. The molecule has 0 spiro atoms. The SMILES string of the molecule is COc1ccc(OC)c(C(=O)O[C@H]2C3[C@]4(O)CO[C@@H]4C[C@H](O)[C@@]3(C)C(=O)[C@H](OC(=O)CCS)C3=C(C)[C@@H](OC(=O)[C@H](O)[C@H](C=C(C)C)NC(=O)OC(C)(C)C)C[C@]2(O)C3(C)C)c1. The molecule has 0 radical (unpaired) electrons. The Labute approximate surface area is 366 Å². The Morgan fingerprint density at radius 3 is 2.26 bits per heavy atom. The highest BCUT2D eigenvalue weighted by Crippen LogP contribution is 2.63. The molecule has 3 fully saturated rings. The second kappa shape index (κ2) is 17.8. The Kier molecular flexibility index (Phi) is 14.0. The number of fused-ring (bicyclic) bond motifs is 5. The lowest BCUT2D eigenvalue weighted by Gasteiger charge is -2.66. The molecule has 0 aromatic heterocycles. The third-order valence-corrected chi connectivity index (χ3v) is 13.0. The molecule has 18 heteroatoms. The first-order valence-corrected chi connectivity index (χ1v) is 21.1. The van der Waals surface area contributed by atoms with E-state index in [0.717, 1.165) is 0 Å². The maximum Gasteiger partial charge on any atom is 0.408 e. The van der Waals surface area contributed by atoms with Crippen molar-refractivity contribution in [2.24, 2.45) is 16.7 Å². The molecular formula is C44H61NO16S. The monoisotopic (exact) mass is 891 g/mol. The molecule has 1 aromatic rings. The van der Waals surface area contributed by atoms with Crippen LogP contribution in [0, 0.1) is 16.7 Å². The smallest absolute Gasteiger partial charge is 0.408 e. The first-order chi connectivity index (χ1) is 28.7. The van der Waals surface area contributed by atoms with E-state index < -0.39 is 119 Å². The molecule has 1 amide bonds. The zero-order chi connectivity index (χ0) is 46.5. The number of aliphatic hydroxyl groups excluding tert-OH is 2. The van der Waals surface area contributed by atoms with E-state index in [9.17, 15) is 39.6 Å². The van der Waals surface area contributed by atoms with Crippen molar-refractivity contribution in [3.63, 3.8) is 0 Å². The fourth-order valence-electron chi connectivity index (χ4n) is 9.50. The summed E-state index contributed by atoms with van der Waals surface area (Å²) in [5, 5.41) is 52.2. The number of hydrogen-bond acceptors (Lipinski definition) is 17. The molecule has 3 aliphatic carbocycles. The minimum atomic E-state index is -2.44. The van der Waals surface area contributed by atoms with E-state index in [1.165, 1.54) is 60.1 Å². The maximum atomic E-state index is 15.5. The van der Waals surface area contributed by atoms with Crippen LogP contribution in [0.1, 0.15) is 91.9 Å². The number of Topliss-reactive ketones (excluding diaryl/α,β-unsaturated/α-hetero) is 1. The molecule has 4 aliphatic rings. The molecule has 2 bridgehead atoms. The van der Waals surface area contributed by atoms with E-state index in [2.05, 4.69) is 17.9 Å². The number of allylic oxidation sites excluding steroid dienone is 1. The molecule has 1 unspecified atom stereocenters. The van der Waals surface area contributed by atoms with Crippen LogP contribution in [-0.2, 0) is 38.1 Å². The molecule has 62 heavy (non-hydrogen) atoms. The van der Waals surface area contributed by atoms with Gasteiger partial charge in [-0.15, -0.1) is 0 Å². The van der Waals surface area contributed by atoms with E-state index >= 15 is 4.79 Å². The molecule has 1 aromatic carbocycles. The van der Waals surface area contributed by atoms with E-state index in [4.69, 9.17) is 33.2 Å². The van der Waals surface area contributed by atoms with Crippen LogP contribution in [0.3, 0.4) is 0 Å². The molecule has 1 heterocycles. The Morgan fingerprint density at radius 1 is 1.05 bits per heavy atom. The van der Waals surface area contributed by atoms with Gasteiger partial charge >= 0.3 is 24.0 Å². The summed E-state index contributed by atoms with van der Waals surface area (Å²) in [7, 11) is 2.71. The molecule has 1 saturated heterocycles. The van der Waals surface area contributed by atoms with Gasteiger partial charge < -0.3 is 58.9 Å². The van der Waals surface area contributed by atoms with Gasteiger partial charge in [-0.05, 0) is 77.8 Å². The van der Waals surface area contributed by atoms with Crippen molar-refractivity contribution in [2.45, 2.75) is 141 Å². The van der Waals surface area contributed by atoms with Crippen molar-refractivity contribution >= 4 is 42.4 Å². The molecule has 344 valence electrons. The summed E-state index contributed by atoms with van der Waals surface area (Å²) in [6, 6.07) is 2.99. The number of hydrogen-bond donors (Lipinski definition) is 6. The highest BCUT2D eigenvalue weighted by molar-refractivity contribution is 7.80. The molecule has 1 aliphatic heterocycles. The van der Waals surface area contributed by atoms with E-state index in [1.807, 2.05) is 0 Å². The van der Waals surface area contributed by atoms with Crippen LogP contribution < -0.4 is 14.8 Å². The molecule has 2 saturated carbocycles. The van der Waals surface area contributed by atoms with Crippen LogP contribution in [0.5, 0.6) is 11.5 Å². The summed E-state index contributed by atoms with van der Waals surface area (Å²) in [4.78, 5) is 70.4. The highest BCUT2D eigenvalue weighted by atomic mass is 32.1. The Morgan fingerprint density at radius 2 is 1.71 bits per heavy atom. The average molecular weight is 892 g/mol. The summed E-state index contributed by atoms with van der Waals surface area (Å²) >= 11 is 4.16. The number of amides is 1. The van der Waals surface area contributed by atoms with Gasteiger partial charge in [0.1, 0.15) is 46.1 Å². The van der Waals surface area contributed by atoms with E-state index in [0.29, 0.717) is 5.57 Å². The predicted molar refractivity (Wildman–Crippen MR) is 224 cm³/mol. The number of aliphatic hydroxyl groups is 4. The molecule has 5 N–H and O–H groups in total. The largest absolute Gasteiger partial charge is 0.497 e. The van der Waals surface area contributed by atoms with E-state index in [-0.39, 0.29) is 46.8 Å². The average Bonchev–Trinajstić information content (AvgIpc) is 3.17. The van der Waals surface area contributed by atoms with Crippen molar-refractivity contribution in [3.8, 4) is 11.5 Å². The van der Waals surface area contributed by atoms with Gasteiger partial charge in [-0.1, -0.05) is 25.5 Å². The van der Waals surface area contributed by atoms with Gasteiger partial charge in [0.05, 0.1) is 50.9 Å². The molecule has 5 rings (SSSR count). The van der Waals surface area contributed by atoms with Gasteiger partial charge in [-0.2, -0.15) is 12.6 Å². The summed E-state index contributed by atoms with van der Waals surface area (Å²) in [5.41, 5.74) is -8.61. The predicted octanol–water partition coefficient (Wildman–Crippen LogP) is 3.17. The minimum absolute atomic E-state index is 0.0327. The van der Waals surface area contributed by atoms with Crippen LogP contribution >= 0.6 is 12.6 Å². The third-order valence-electron chi connectivity index (χ3n) is 12.8. The van der Waals surface area contributed by atoms with Crippen LogP contribution in [-0.4, -0.2) is 136 Å². The fourth-order valence-corrected chi connectivity index (χ4v) is 9.68. The number of nitrogens with one attached hydrogen (secondary N) is 1. The van der Waals surface area contributed by atoms with Gasteiger partial charge in [-0.25, -0.2) is 14.4 Å². The van der Waals surface area contributed by atoms with Crippen LogP contribution in [0.4, 0.5) is 4.79 Å². The lowest BCUT2D eigenvalue weighted by atomic mass is 9.44. The summed E-state index contributed by atoms with van der Waals surface area (Å²) < 4.78 is 40.3. The van der Waals surface area contributed by atoms with Crippen molar-refractivity contribution in [1.82, 2.24) is 5.32 Å². The highest BCUT2D eigenvalue weighted by Gasteiger charge is 2.77. The third kappa shape index (κ3) is 8.70. The minimum Gasteiger partial charge on any atom is -0.497 e. The zero-order valence-corrected chi connectivity index (χ0v) is 38.0. The second-order valence-corrected chi connectivity index (χ2v) is 19.0. The van der Waals surface area contributed by atoms with Gasteiger partial charge in [0.2, 0.25) is 0 Å². The first kappa shape index (κ1) is 48.8. The number of thiol groups is 1. The van der Waals surface area contributed by atoms with Crippen molar-refractivity contribution in [1.29, 1.82) is 0 Å². The quantitative estimate of drug-likeness (QED) is 0.0764. The van der Waals surface area contributed by atoms with Crippen LogP contribution in [0.2, 0.25) is 0 Å². The number of rotatable bonds is 12. The number of ketones is 1. The number of carbonyl (C=O) groups excluding carboxylic acids is 5. The molecular weight excluding hydrogens is 831 g/mol. The zero-order valence-electron chi connectivity index (χ0n) is 37.1. The topological polar surface area (TPSA) is 243 Å². The molecule has 17 nitrogen and oxygen atoms in total. The van der Waals surface area contributed by atoms with Gasteiger partial charge in [-0.3, -0.25) is 9.59 Å². The summed E-state index contributed by atoms with van der Waals surface area (Å²) in [6.45, 7) is 13.8. The number of carbonyl (C=O) groups is 5. The normalized spacial score (nSPS) is 32.2. The van der Waals surface area contributed by atoms with Gasteiger partial charge in [0, 0.05) is 29.9 Å². The van der Waals surface area contributed by atoms with Gasteiger partial charge in [0.25, 0.3) is 0 Å². The fraction of sp³-hybridized carbons (Fsp3) is 0.659. The summed E-state index contributed by atoms with van der Waals surface area (Å²) in [6.07, 6.45) is -10.6. The number of methoxy groups -OCH3 is 2. The Bertz CT molecular complexity index is 2000. The van der Waals surface area contributed by atoms with Crippen LogP contribution in [0.25, 0.3) is 0 Å². The Balaban J connectivity index is 1.73. The van der Waals surface area contributed by atoms with E-state index in [1.54, 1.807) is 40.7 Å². The lowest BCUT2D eigenvalue weighted by molar-refractivity contribution is -0.343. The van der Waals surface area contributed by atoms with Crippen molar-refractivity contribution in [2.75, 3.05) is 26.6 Å². The summed E-state index contributed by atoms with van der Waals surface area (Å²) in [5.74, 6) is -5.38. The molecule has 11 atom stereocenters. The standard InChI is InChI=1S/C44H61NO16S/c1-21(2)16-25(45-39(52)61-40(4,5)6)32(48)38(51)58-27-19-44(54)36(60-37(50)24-17-23(55-10)12-13-26(24)56-11)34-42(9,28(46)18-29-43(34,53)20-57-29)35(49)33(59-30(47)14-15-62)31(22(27)3)41(44,7)8/h12-13,16-17,25,27-29,32-34,36,46,48,53-54,62H,14-15,18-20H2,1-11H3,(H,45,52)/t25-,27-,28-,29+,32+,33+,34?,36-,42+,43-,44+/m0/s1. The van der Waals surface area contributed by atoms with Crippen LogP contribution in [0.15, 0.2) is 41.0 Å². The second-order valence-electron chi connectivity index (χ2n) is 18.5. The number of ether oxygens (including phenoxy) is 7. The maximum absolute atomic E-state index is 15.5. The lowest BCUT2D eigenvalue weighted by Crippen LogP contribution is -2.81.